The fourth-order valence-corrected chi connectivity index (χ4v) is 1.77. The summed E-state index contributed by atoms with van der Waals surface area (Å²) in [5.41, 5.74) is 1.77. The summed E-state index contributed by atoms with van der Waals surface area (Å²) in [5.74, 6) is 2.54. The van der Waals surface area contributed by atoms with Crippen LogP contribution < -0.4 is 0 Å². The Morgan fingerprint density at radius 1 is 1.64 bits per heavy atom. The third kappa shape index (κ3) is 1.66. The monoisotopic (exact) mass is 190 g/mol. The molecular weight excluding hydrogens is 176 g/mol. The minimum absolute atomic E-state index is 0.0887. The van der Waals surface area contributed by atoms with E-state index in [9.17, 15) is 0 Å². The molecule has 3 heteroatoms. The molecule has 3 nitrogen and oxygen atoms in total. The number of hydrogen-bond acceptors (Lipinski definition) is 2. The zero-order chi connectivity index (χ0) is 9.97. The van der Waals surface area contributed by atoms with Gasteiger partial charge in [-0.3, -0.25) is 0 Å². The molecule has 0 aromatic carbocycles. The van der Waals surface area contributed by atoms with Gasteiger partial charge in [-0.15, -0.1) is 6.42 Å². The Bertz CT molecular complexity index is 356. The van der Waals surface area contributed by atoms with Gasteiger partial charge in [0.15, 0.2) is 0 Å². The average molecular weight is 190 g/mol. The van der Waals surface area contributed by atoms with Crippen LogP contribution in [0.25, 0.3) is 0 Å². The van der Waals surface area contributed by atoms with Gasteiger partial charge in [-0.2, -0.15) is 5.10 Å². The number of ether oxygens (including phenoxy) is 1. The Morgan fingerprint density at radius 2 is 2.50 bits per heavy atom. The molecule has 1 aliphatic rings. The fraction of sp³-hybridized carbons (Fsp3) is 0.545. The third-order valence-corrected chi connectivity index (χ3v) is 2.50. The second-order valence-electron chi connectivity index (χ2n) is 3.58. The van der Waals surface area contributed by atoms with Crippen LogP contribution in [0.1, 0.15) is 36.9 Å². The van der Waals surface area contributed by atoms with Gasteiger partial charge < -0.3 is 4.74 Å². The predicted octanol–water partition coefficient (Wildman–Crippen LogP) is 1.87. The number of rotatable bonds is 1. The van der Waals surface area contributed by atoms with Gasteiger partial charge in [0.25, 0.3) is 0 Å². The predicted molar refractivity (Wildman–Crippen MR) is 53.7 cm³/mol. The van der Waals surface area contributed by atoms with Crippen molar-refractivity contribution in [2.45, 2.75) is 32.4 Å². The standard InChI is InChI=1S/C11H14N2O/c1-3-10-8-9(2)13(12-10)11-6-4-5-7-14-11/h1,8,11H,4-7H2,2H3. The SMILES string of the molecule is C#Cc1cc(C)n(C2CCCCO2)n1. The molecular formula is C11H14N2O. The molecule has 74 valence electrons. The van der Waals surface area contributed by atoms with E-state index in [-0.39, 0.29) is 6.23 Å². The molecule has 0 amide bonds. The third-order valence-electron chi connectivity index (χ3n) is 2.50. The summed E-state index contributed by atoms with van der Waals surface area (Å²) in [6, 6.07) is 1.91. The first-order valence-corrected chi connectivity index (χ1v) is 4.95. The van der Waals surface area contributed by atoms with Gasteiger partial charge >= 0.3 is 0 Å². The Morgan fingerprint density at radius 3 is 3.07 bits per heavy atom. The van der Waals surface area contributed by atoms with Crippen LogP contribution in [0.2, 0.25) is 0 Å². The zero-order valence-corrected chi connectivity index (χ0v) is 8.36. The maximum absolute atomic E-state index is 5.63. The highest BCUT2D eigenvalue weighted by atomic mass is 16.5. The lowest BCUT2D eigenvalue weighted by Crippen LogP contribution is -2.20. The molecule has 0 radical (unpaired) electrons. The maximum atomic E-state index is 5.63. The fourth-order valence-electron chi connectivity index (χ4n) is 1.77. The van der Waals surface area contributed by atoms with Gasteiger partial charge in [0.1, 0.15) is 11.9 Å². The lowest BCUT2D eigenvalue weighted by Gasteiger charge is -2.23. The van der Waals surface area contributed by atoms with Gasteiger partial charge in [-0.25, -0.2) is 4.68 Å². The van der Waals surface area contributed by atoms with Crippen molar-refractivity contribution >= 4 is 0 Å². The van der Waals surface area contributed by atoms with E-state index in [2.05, 4.69) is 11.0 Å². The van der Waals surface area contributed by atoms with Gasteiger partial charge in [-0.1, -0.05) is 0 Å². The molecule has 0 bridgehead atoms. The summed E-state index contributed by atoms with van der Waals surface area (Å²) in [6.07, 6.45) is 8.77. The van der Waals surface area contributed by atoms with Crippen molar-refractivity contribution in [3.63, 3.8) is 0 Å². The second-order valence-corrected chi connectivity index (χ2v) is 3.58. The Labute approximate surface area is 84.1 Å². The number of aromatic nitrogens is 2. The second kappa shape index (κ2) is 3.85. The molecule has 2 rings (SSSR count). The smallest absolute Gasteiger partial charge is 0.150 e. The van der Waals surface area contributed by atoms with E-state index in [1.807, 2.05) is 17.7 Å². The van der Waals surface area contributed by atoms with Crippen LogP contribution in [0, 0.1) is 19.3 Å². The van der Waals surface area contributed by atoms with Crippen molar-refractivity contribution < 1.29 is 4.74 Å². The van der Waals surface area contributed by atoms with Crippen molar-refractivity contribution in [2.75, 3.05) is 6.61 Å². The normalized spacial score (nSPS) is 21.9. The van der Waals surface area contributed by atoms with Crippen molar-refractivity contribution in [3.8, 4) is 12.3 Å². The van der Waals surface area contributed by atoms with Crippen molar-refractivity contribution in [2.24, 2.45) is 0 Å². The molecule has 0 aliphatic carbocycles. The summed E-state index contributed by atoms with van der Waals surface area (Å²) < 4.78 is 7.53. The van der Waals surface area contributed by atoms with Crippen LogP contribution in [0.4, 0.5) is 0 Å². The Hall–Kier alpha value is -1.27. The van der Waals surface area contributed by atoms with Gasteiger partial charge in [0, 0.05) is 12.3 Å². The minimum Gasteiger partial charge on any atom is -0.357 e. The van der Waals surface area contributed by atoms with Crippen molar-refractivity contribution in [1.29, 1.82) is 0 Å². The highest BCUT2D eigenvalue weighted by molar-refractivity contribution is 5.25. The van der Waals surface area contributed by atoms with E-state index in [0.29, 0.717) is 5.69 Å². The summed E-state index contributed by atoms with van der Waals surface area (Å²) >= 11 is 0. The maximum Gasteiger partial charge on any atom is 0.150 e. The topological polar surface area (TPSA) is 27.1 Å². The molecule has 14 heavy (non-hydrogen) atoms. The zero-order valence-electron chi connectivity index (χ0n) is 8.36. The van der Waals surface area contributed by atoms with E-state index >= 15 is 0 Å². The summed E-state index contributed by atoms with van der Waals surface area (Å²) in [4.78, 5) is 0. The quantitative estimate of drug-likeness (QED) is 0.632. The van der Waals surface area contributed by atoms with E-state index in [1.165, 1.54) is 6.42 Å². The van der Waals surface area contributed by atoms with Crippen molar-refractivity contribution in [3.05, 3.63) is 17.5 Å². The van der Waals surface area contributed by atoms with E-state index in [0.717, 1.165) is 25.1 Å². The number of aryl methyl sites for hydroxylation is 1. The first kappa shape index (κ1) is 9.29. The lowest BCUT2D eigenvalue weighted by atomic mass is 10.2. The van der Waals surface area contributed by atoms with E-state index < -0.39 is 0 Å². The van der Waals surface area contributed by atoms with Gasteiger partial charge in [0.05, 0.1) is 0 Å². The van der Waals surface area contributed by atoms with Crippen LogP contribution >= 0.6 is 0 Å². The van der Waals surface area contributed by atoms with E-state index in [4.69, 9.17) is 11.2 Å². The Balaban J connectivity index is 2.22. The Kier molecular flexibility index (Phi) is 2.55. The lowest BCUT2D eigenvalue weighted by molar-refractivity contribution is -0.0406. The molecule has 1 aliphatic heterocycles. The molecule has 1 aromatic heterocycles. The van der Waals surface area contributed by atoms with E-state index in [1.54, 1.807) is 0 Å². The molecule has 0 saturated carbocycles. The molecule has 1 fully saturated rings. The molecule has 1 atom stereocenters. The molecule has 0 spiro atoms. The van der Waals surface area contributed by atoms with Crippen molar-refractivity contribution in [1.82, 2.24) is 9.78 Å². The molecule has 1 aromatic rings. The van der Waals surface area contributed by atoms with Crippen LogP contribution in [0.3, 0.4) is 0 Å². The first-order valence-electron chi connectivity index (χ1n) is 4.95. The largest absolute Gasteiger partial charge is 0.357 e. The minimum atomic E-state index is 0.0887. The molecule has 1 unspecified atom stereocenters. The van der Waals surface area contributed by atoms with Gasteiger partial charge in [-0.05, 0) is 38.2 Å². The number of nitrogens with zero attached hydrogens (tertiary/aromatic N) is 2. The molecule has 1 saturated heterocycles. The van der Waals surface area contributed by atoms with Crippen LogP contribution in [-0.2, 0) is 4.74 Å². The molecule has 2 heterocycles. The summed E-state index contributed by atoms with van der Waals surface area (Å²) in [6.45, 7) is 2.83. The summed E-state index contributed by atoms with van der Waals surface area (Å²) in [5, 5.41) is 4.31. The summed E-state index contributed by atoms with van der Waals surface area (Å²) in [7, 11) is 0. The highest BCUT2D eigenvalue weighted by Gasteiger charge is 2.18. The van der Waals surface area contributed by atoms with Gasteiger partial charge in [0.2, 0.25) is 0 Å². The number of hydrogen-bond donors (Lipinski definition) is 0. The number of terminal acetylenes is 1. The van der Waals surface area contributed by atoms with Crippen LogP contribution in [0.15, 0.2) is 6.07 Å². The van der Waals surface area contributed by atoms with Crippen LogP contribution in [0.5, 0.6) is 0 Å². The highest BCUT2D eigenvalue weighted by Crippen LogP contribution is 2.23. The molecule has 0 N–H and O–H groups in total. The van der Waals surface area contributed by atoms with Crippen LogP contribution in [-0.4, -0.2) is 16.4 Å². The average Bonchev–Trinajstić information content (AvgIpc) is 2.61. The first-order chi connectivity index (χ1) is 6.81.